The Kier molecular flexibility index (Phi) is 5.19. The van der Waals surface area contributed by atoms with Gasteiger partial charge in [-0.05, 0) is 48.6 Å². The van der Waals surface area contributed by atoms with Gasteiger partial charge in [-0.3, -0.25) is 19.7 Å². The van der Waals surface area contributed by atoms with Crippen LogP contribution in [0.3, 0.4) is 0 Å². The lowest BCUT2D eigenvalue weighted by Crippen LogP contribution is -2.52. The molecule has 2 N–H and O–H groups in total. The van der Waals surface area contributed by atoms with E-state index in [0.717, 1.165) is 30.7 Å². The molecule has 5 rings (SSSR count). The molecule has 7 heteroatoms. The Morgan fingerprint density at radius 2 is 1.87 bits per heavy atom. The van der Waals surface area contributed by atoms with Crippen molar-refractivity contribution in [3.63, 3.8) is 0 Å². The first-order chi connectivity index (χ1) is 15.1. The van der Waals surface area contributed by atoms with Gasteiger partial charge in [-0.15, -0.1) is 0 Å². The van der Waals surface area contributed by atoms with Gasteiger partial charge in [0.05, 0.1) is 0 Å². The van der Waals surface area contributed by atoms with Crippen LogP contribution in [0, 0.1) is 0 Å². The van der Waals surface area contributed by atoms with Gasteiger partial charge in [-0.1, -0.05) is 30.3 Å². The number of piperidine rings is 1. The van der Waals surface area contributed by atoms with Gasteiger partial charge in [-0.2, -0.15) is 0 Å². The molecule has 2 aliphatic heterocycles. The largest absolute Gasteiger partial charge is 0.489 e. The molecular weight excluding hydrogens is 394 g/mol. The molecule has 1 unspecified atom stereocenters. The van der Waals surface area contributed by atoms with Crippen molar-refractivity contribution in [2.24, 2.45) is 0 Å². The van der Waals surface area contributed by atoms with Crippen molar-refractivity contribution in [1.82, 2.24) is 15.5 Å². The van der Waals surface area contributed by atoms with Gasteiger partial charge in [-0.25, -0.2) is 0 Å². The van der Waals surface area contributed by atoms with Crippen molar-refractivity contribution in [2.75, 3.05) is 0 Å². The van der Waals surface area contributed by atoms with E-state index < -0.39 is 11.9 Å². The van der Waals surface area contributed by atoms with Crippen LogP contribution in [0.25, 0.3) is 0 Å². The van der Waals surface area contributed by atoms with Gasteiger partial charge >= 0.3 is 0 Å². The highest BCUT2D eigenvalue weighted by molar-refractivity contribution is 6.05. The molecule has 160 valence electrons. The molecule has 2 fully saturated rings. The average molecular weight is 419 g/mol. The van der Waals surface area contributed by atoms with E-state index in [4.69, 9.17) is 4.74 Å². The number of ether oxygens (including phenoxy) is 1. The molecule has 7 nitrogen and oxygen atoms in total. The third kappa shape index (κ3) is 3.93. The highest BCUT2D eigenvalue weighted by atomic mass is 16.5. The van der Waals surface area contributed by atoms with Crippen LogP contribution in [0.2, 0.25) is 0 Å². The van der Waals surface area contributed by atoms with Crippen molar-refractivity contribution in [3.05, 3.63) is 65.2 Å². The van der Waals surface area contributed by atoms with Crippen LogP contribution in [-0.2, 0) is 22.7 Å². The Bertz CT molecular complexity index is 1020. The summed E-state index contributed by atoms with van der Waals surface area (Å²) in [6.45, 7) is 1.17. The molecule has 31 heavy (non-hydrogen) atoms. The molecular formula is C24H25N3O4. The van der Waals surface area contributed by atoms with Crippen LogP contribution in [-0.4, -0.2) is 40.8 Å². The molecule has 3 aliphatic rings. The Morgan fingerprint density at radius 1 is 1.03 bits per heavy atom. The summed E-state index contributed by atoms with van der Waals surface area (Å²) < 4.78 is 6.21. The standard InChI is InChI=1S/C24H25N3O4/c28-22-11-9-20(23(29)26-22)27-14-16-12-17(6-7-18(16)24(27)30)31-21-10-8-19(21)25-13-15-4-2-1-3-5-15/h1-7,12,19-21,25H,8-11,13-14H2,(H,26,28,29)/t19-,20?,21+/m0/s1. The lowest BCUT2D eigenvalue weighted by Gasteiger charge is -2.37. The van der Waals surface area contributed by atoms with Gasteiger partial charge in [0.15, 0.2) is 0 Å². The van der Waals surface area contributed by atoms with Crippen LogP contribution in [0.4, 0.5) is 0 Å². The van der Waals surface area contributed by atoms with Crippen LogP contribution in [0.1, 0.15) is 47.2 Å². The lowest BCUT2D eigenvalue weighted by atomic mass is 9.88. The molecule has 1 saturated carbocycles. The predicted octanol–water partition coefficient (Wildman–Crippen LogP) is 2.15. The van der Waals surface area contributed by atoms with E-state index in [1.54, 1.807) is 11.0 Å². The number of amides is 3. The normalized spacial score (nSPS) is 25.1. The summed E-state index contributed by atoms with van der Waals surface area (Å²) in [5, 5.41) is 5.90. The summed E-state index contributed by atoms with van der Waals surface area (Å²) in [5.74, 6) is -0.0947. The molecule has 3 atom stereocenters. The molecule has 1 aliphatic carbocycles. The van der Waals surface area contributed by atoms with Crippen LogP contribution in [0.5, 0.6) is 5.75 Å². The zero-order valence-corrected chi connectivity index (χ0v) is 17.2. The maximum Gasteiger partial charge on any atom is 0.255 e. The minimum absolute atomic E-state index is 0.102. The molecule has 0 radical (unpaired) electrons. The number of imide groups is 1. The first-order valence-electron chi connectivity index (χ1n) is 10.8. The highest BCUT2D eigenvalue weighted by Crippen LogP contribution is 2.32. The molecule has 0 spiro atoms. The second-order valence-electron chi connectivity index (χ2n) is 8.43. The van der Waals surface area contributed by atoms with Gasteiger partial charge in [0, 0.05) is 31.1 Å². The summed E-state index contributed by atoms with van der Waals surface area (Å²) in [7, 11) is 0. The molecule has 0 aromatic heterocycles. The summed E-state index contributed by atoms with van der Waals surface area (Å²) in [6.07, 6.45) is 2.79. The van der Waals surface area contributed by atoms with E-state index in [1.165, 1.54) is 5.56 Å². The van der Waals surface area contributed by atoms with E-state index in [1.807, 2.05) is 30.3 Å². The van der Waals surface area contributed by atoms with Crippen LogP contribution in [0.15, 0.2) is 48.5 Å². The molecule has 2 aromatic rings. The number of benzene rings is 2. The van der Waals surface area contributed by atoms with Crippen LogP contribution < -0.4 is 15.4 Å². The van der Waals surface area contributed by atoms with E-state index in [0.29, 0.717) is 24.6 Å². The number of carbonyl (C=O) groups is 3. The number of rotatable bonds is 6. The van der Waals surface area contributed by atoms with Crippen LogP contribution >= 0.6 is 0 Å². The van der Waals surface area contributed by atoms with E-state index in [2.05, 4.69) is 22.8 Å². The summed E-state index contributed by atoms with van der Waals surface area (Å²) in [6, 6.07) is 15.5. The number of nitrogens with zero attached hydrogens (tertiary/aromatic N) is 1. The van der Waals surface area contributed by atoms with E-state index >= 15 is 0 Å². The third-order valence-corrected chi connectivity index (χ3v) is 6.40. The lowest BCUT2D eigenvalue weighted by molar-refractivity contribution is -0.136. The summed E-state index contributed by atoms with van der Waals surface area (Å²) >= 11 is 0. The smallest absolute Gasteiger partial charge is 0.255 e. The Morgan fingerprint density at radius 3 is 2.61 bits per heavy atom. The monoisotopic (exact) mass is 419 g/mol. The number of fused-ring (bicyclic) bond motifs is 1. The van der Waals surface area contributed by atoms with E-state index in [-0.39, 0.29) is 24.3 Å². The first-order valence-corrected chi connectivity index (χ1v) is 10.8. The third-order valence-electron chi connectivity index (χ3n) is 6.40. The van der Waals surface area contributed by atoms with Gasteiger partial charge < -0.3 is 15.0 Å². The predicted molar refractivity (Wildman–Crippen MR) is 113 cm³/mol. The topological polar surface area (TPSA) is 87.7 Å². The van der Waals surface area contributed by atoms with Crippen molar-refractivity contribution in [3.8, 4) is 5.75 Å². The Labute approximate surface area is 180 Å². The second-order valence-corrected chi connectivity index (χ2v) is 8.43. The van der Waals surface area contributed by atoms with Crippen molar-refractivity contribution in [1.29, 1.82) is 0 Å². The van der Waals surface area contributed by atoms with Crippen molar-refractivity contribution < 1.29 is 19.1 Å². The Hall–Kier alpha value is -3.19. The molecule has 3 amide bonds. The zero-order chi connectivity index (χ0) is 21.4. The fourth-order valence-electron chi connectivity index (χ4n) is 4.49. The minimum Gasteiger partial charge on any atom is -0.489 e. The average Bonchev–Trinajstić information content (AvgIpc) is 3.08. The highest BCUT2D eigenvalue weighted by Gasteiger charge is 2.39. The van der Waals surface area contributed by atoms with Crippen molar-refractivity contribution >= 4 is 17.7 Å². The van der Waals surface area contributed by atoms with E-state index in [9.17, 15) is 14.4 Å². The quantitative estimate of drug-likeness (QED) is 0.701. The Balaban J connectivity index is 1.21. The summed E-state index contributed by atoms with van der Waals surface area (Å²) in [5.41, 5.74) is 2.71. The maximum atomic E-state index is 12.8. The molecule has 2 aromatic carbocycles. The summed E-state index contributed by atoms with van der Waals surface area (Å²) in [4.78, 5) is 38.0. The molecule has 1 saturated heterocycles. The maximum absolute atomic E-state index is 12.8. The number of hydrogen-bond acceptors (Lipinski definition) is 5. The first kappa shape index (κ1) is 19.8. The number of carbonyl (C=O) groups excluding carboxylic acids is 3. The van der Waals surface area contributed by atoms with Gasteiger partial charge in [0.25, 0.3) is 5.91 Å². The number of hydrogen-bond donors (Lipinski definition) is 2. The minimum atomic E-state index is -0.597. The van der Waals surface area contributed by atoms with Gasteiger partial charge in [0.2, 0.25) is 11.8 Å². The molecule has 0 bridgehead atoms. The fraction of sp³-hybridized carbons (Fsp3) is 0.375. The fourth-order valence-corrected chi connectivity index (χ4v) is 4.49. The molecule has 2 heterocycles. The van der Waals surface area contributed by atoms with Gasteiger partial charge in [0.1, 0.15) is 17.9 Å². The SMILES string of the molecule is O=C1CCC(N2Cc3cc(O[C@@H]4CC[C@@H]4NCc4ccccc4)ccc3C2=O)C(=O)N1. The zero-order valence-electron chi connectivity index (χ0n) is 17.2. The van der Waals surface area contributed by atoms with Crippen molar-refractivity contribution in [2.45, 2.75) is 57.0 Å². The second kappa shape index (κ2) is 8.15. The number of nitrogens with one attached hydrogen (secondary N) is 2.